The molecule has 2 aromatic carbocycles. The zero-order chi connectivity index (χ0) is 25.9. The SMILES string of the molecule is CC(C)CC(c1ccc2c(cnn2-c2ccc(F)cc2)c1)C(C)(C)CNC(=O)NC1(CO)CCCC1. The number of aliphatic hydroxyl groups is 1. The number of benzene rings is 2. The highest BCUT2D eigenvalue weighted by atomic mass is 19.1. The van der Waals surface area contributed by atoms with Gasteiger partial charge in [-0.15, -0.1) is 0 Å². The second-order valence-electron chi connectivity index (χ2n) is 11.5. The highest BCUT2D eigenvalue weighted by Crippen LogP contribution is 2.41. The Labute approximate surface area is 213 Å². The van der Waals surface area contributed by atoms with E-state index in [0.717, 1.165) is 48.7 Å². The van der Waals surface area contributed by atoms with E-state index in [1.54, 1.807) is 12.1 Å². The summed E-state index contributed by atoms with van der Waals surface area (Å²) in [6.45, 7) is 9.34. The number of fused-ring (bicyclic) bond motifs is 1. The molecule has 7 heteroatoms. The molecular formula is C29H39FN4O2. The van der Waals surface area contributed by atoms with Crippen molar-refractivity contribution >= 4 is 16.9 Å². The van der Waals surface area contributed by atoms with Crippen LogP contribution in [0.1, 0.15) is 71.3 Å². The summed E-state index contributed by atoms with van der Waals surface area (Å²) in [4.78, 5) is 12.8. The molecule has 0 saturated heterocycles. The Morgan fingerprint density at radius 2 is 1.86 bits per heavy atom. The van der Waals surface area contributed by atoms with Crippen LogP contribution in [0.5, 0.6) is 0 Å². The van der Waals surface area contributed by atoms with E-state index in [1.165, 1.54) is 17.7 Å². The van der Waals surface area contributed by atoms with Gasteiger partial charge in [0.2, 0.25) is 0 Å². The molecule has 2 amide bonds. The Morgan fingerprint density at radius 3 is 2.50 bits per heavy atom. The van der Waals surface area contributed by atoms with Crippen molar-refractivity contribution in [1.29, 1.82) is 0 Å². The molecule has 1 aromatic heterocycles. The largest absolute Gasteiger partial charge is 0.394 e. The highest BCUT2D eigenvalue weighted by Gasteiger charge is 2.36. The summed E-state index contributed by atoms with van der Waals surface area (Å²) in [6, 6.07) is 12.5. The van der Waals surface area contributed by atoms with Gasteiger partial charge in [-0.25, -0.2) is 13.9 Å². The lowest BCUT2D eigenvalue weighted by atomic mass is 9.71. The van der Waals surface area contributed by atoms with Crippen molar-refractivity contribution in [1.82, 2.24) is 20.4 Å². The zero-order valence-corrected chi connectivity index (χ0v) is 21.9. The first kappa shape index (κ1) is 26.1. The molecule has 0 bridgehead atoms. The predicted molar refractivity (Wildman–Crippen MR) is 142 cm³/mol. The van der Waals surface area contributed by atoms with Crippen LogP contribution in [0.4, 0.5) is 9.18 Å². The second-order valence-corrected chi connectivity index (χ2v) is 11.5. The Morgan fingerprint density at radius 1 is 1.17 bits per heavy atom. The van der Waals surface area contributed by atoms with Crippen LogP contribution < -0.4 is 10.6 Å². The van der Waals surface area contributed by atoms with Crippen molar-refractivity contribution in [3.05, 3.63) is 60.0 Å². The average molecular weight is 495 g/mol. The van der Waals surface area contributed by atoms with Gasteiger partial charge in [-0.2, -0.15) is 5.10 Å². The van der Waals surface area contributed by atoms with Crippen molar-refractivity contribution in [3.8, 4) is 5.69 Å². The van der Waals surface area contributed by atoms with E-state index in [1.807, 2.05) is 10.9 Å². The molecule has 1 unspecified atom stereocenters. The van der Waals surface area contributed by atoms with Gasteiger partial charge in [0.15, 0.2) is 0 Å². The minimum atomic E-state index is -0.485. The lowest BCUT2D eigenvalue weighted by Gasteiger charge is -2.37. The third kappa shape index (κ3) is 5.72. The molecule has 194 valence electrons. The van der Waals surface area contributed by atoms with Crippen LogP contribution in [-0.2, 0) is 0 Å². The maximum absolute atomic E-state index is 13.4. The molecule has 1 heterocycles. The molecule has 1 atom stereocenters. The second kappa shape index (κ2) is 10.6. The van der Waals surface area contributed by atoms with E-state index in [0.29, 0.717) is 12.5 Å². The molecule has 0 spiro atoms. The van der Waals surface area contributed by atoms with Crippen molar-refractivity contribution in [3.63, 3.8) is 0 Å². The summed E-state index contributed by atoms with van der Waals surface area (Å²) in [6.07, 6.45) is 6.54. The number of hydrogen-bond donors (Lipinski definition) is 3. The highest BCUT2D eigenvalue weighted by molar-refractivity contribution is 5.81. The van der Waals surface area contributed by atoms with Crippen molar-refractivity contribution < 1.29 is 14.3 Å². The van der Waals surface area contributed by atoms with E-state index >= 15 is 0 Å². The number of hydrogen-bond acceptors (Lipinski definition) is 3. The first-order valence-corrected chi connectivity index (χ1v) is 13.0. The van der Waals surface area contributed by atoms with Gasteiger partial charge < -0.3 is 15.7 Å². The van der Waals surface area contributed by atoms with E-state index < -0.39 is 5.54 Å². The van der Waals surface area contributed by atoms with Gasteiger partial charge in [0, 0.05) is 11.9 Å². The first-order chi connectivity index (χ1) is 17.1. The van der Waals surface area contributed by atoms with Crippen molar-refractivity contribution in [2.24, 2.45) is 11.3 Å². The standard InChI is InChI=1S/C29H39FN4O2/c1-20(2)15-25(28(3,4)18-31-27(36)33-29(19-35)13-5-6-14-29)21-7-12-26-22(16-21)17-32-34(26)24-10-8-23(30)9-11-24/h7-12,16-17,20,25,35H,5-6,13-15,18-19H2,1-4H3,(H2,31,33,36). The summed E-state index contributed by atoms with van der Waals surface area (Å²) in [7, 11) is 0. The van der Waals surface area contributed by atoms with Crippen LogP contribution >= 0.6 is 0 Å². The Balaban J connectivity index is 1.53. The molecule has 4 rings (SSSR count). The maximum atomic E-state index is 13.4. The molecule has 1 aliphatic carbocycles. The van der Waals surface area contributed by atoms with E-state index in [-0.39, 0.29) is 29.8 Å². The summed E-state index contributed by atoms with van der Waals surface area (Å²) in [5.74, 6) is 0.430. The predicted octanol–water partition coefficient (Wildman–Crippen LogP) is 5.92. The number of rotatable bonds is 9. The molecule has 1 fully saturated rings. The fourth-order valence-electron chi connectivity index (χ4n) is 5.52. The first-order valence-electron chi connectivity index (χ1n) is 13.0. The smallest absolute Gasteiger partial charge is 0.315 e. The molecule has 0 radical (unpaired) electrons. The molecule has 36 heavy (non-hydrogen) atoms. The fraction of sp³-hybridized carbons (Fsp3) is 0.517. The molecule has 1 aliphatic rings. The number of halogens is 1. The third-order valence-electron chi connectivity index (χ3n) is 7.66. The van der Waals surface area contributed by atoms with Crippen LogP contribution in [0, 0.1) is 17.2 Å². The van der Waals surface area contributed by atoms with Crippen LogP contribution in [0.15, 0.2) is 48.7 Å². The van der Waals surface area contributed by atoms with E-state index in [9.17, 15) is 14.3 Å². The van der Waals surface area contributed by atoms with Gasteiger partial charge in [0.1, 0.15) is 5.82 Å². The Hall–Kier alpha value is -2.93. The topological polar surface area (TPSA) is 79.2 Å². The van der Waals surface area contributed by atoms with Gasteiger partial charge in [0.25, 0.3) is 0 Å². The van der Waals surface area contributed by atoms with E-state index in [4.69, 9.17) is 0 Å². The number of urea groups is 1. The Bertz CT molecular complexity index is 1180. The quantitative estimate of drug-likeness (QED) is 0.345. The summed E-state index contributed by atoms with van der Waals surface area (Å²) < 4.78 is 15.2. The lowest BCUT2D eigenvalue weighted by molar-refractivity contribution is 0.159. The molecule has 6 nitrogen and oxygen atoms in total. The number of carbonyl (C=O) groups excluding carboxylic acids is 1. The van der Waals surface area contributed by atoms with Crippen LogP contribution in [0.3, 0.4) is 0 Å². The monoisotopic (exact) mass is 494 g/mol. The molecule has 3 N–H and O–H groups in total. The molecule has 1 saturated carbocycles. The number of aliphatic hydroxyl groups excluding tert-OH is 1. The normalized spacial score (nSPS) is 16.4. The van der Waals surface area contributed by atoms with Crippen LogP contribution in [0.2, 0.25) is 0 Å². The summed E-state index contributed by atoms with van der Waals surface area (Å²) in [5, 5.41) is 21.6. The molecular weight excluding hydrogens is 455 g/mol. The third-order valence-corrected chi connectivity index (χ3v) is 7.66. The number of nitrogens with zero attached hydrogens (tertiary/aromatic N) is 2. The van der Waals surface area contributed by atoms with Gasteiger partial charge >= 0.3 is 6.03 Å². The zero-order valence-electron chi connectivity index (χ0n) is 21.9. The minimum Gasteiger partial charge on any atom is -0.394 e. The number of amides is 2. The number of carbonyl (C=O) groups is 1. The van der Waals surface area contributed by atoms with Crippen LogP contribution in [-0.4, -0.2) is 39.6 Å². The summed E-state index contributed by atoms with van der Waals surface area (Å²) >= 11 is 0. The van der Waals surface area contributed by atoms with Gasteiger partial charge in [-0.05, 0) is 78.5 Å². The maximum Gasteiger partial charge on any atom is 0.315 e. The fourth-order valence-corrected chi connectivity index (χ4v) is 5.52. The molecule has 3 aromatic rings. The van der Waals surface area contributed by atoms with Crippen molar-refractivity contribution in [2.75, 3.05) is 13.2 Å². The summed E-state index contributed by atoms with van der Waals surface area (Å²) in [5.41, 5.74) is 2.31. The number of nitrogens with one attached hydrogen (secondary N) is 2. The lowest BCUT2D eigenvalue weighted by Crippen LogP contribution is -2.54. The minimum absolute atomic E-state index is 0.0224. The van der Waals surface area contributed by atoms with Crippen LogP contribution in [0.25, 0.3) is 16.6 Å². The van der Waals surface area contributed by atoms with Gasteiger partial charge in [0.05, 0.1) is 29.5 Å². The van der Waals surface area contributed by atoms with E-state index in [2.05, 4.69) is 61.6 Å². The van der Waals surface area contributed by atoms with Gasteiger partial charge in [-0.3, -0.25) is 0 Å². The van der Waals surface area contributed by atoms with Gasteiger partial charge in [-0.1, -0.05) is 46.6 Å². The number of aromatic nitrogens is 2. The average Bonchev–Trinajstić information content (AvgIpc) is 3.49. The Kier molecular flexibility index (Phi) is 7.69. The van der Waals surface area contributed by atoms with Crippen molar-refractivity contribution in [2.45, 2.75) is 71.3 Å². The molecule has 0 aliphatic heterocycles.